The van der Waals surface area contributed by atoms with Crippen LogP contribution in [0.4, 0.5) is 0 Å². The molecule has 2 aromatic rings. The van der Waals surface area contributed by atoms with E-state index in [1.54, 1.807) is 0 Å². The lowest BCUT2D eigenvalue weighted by atomic mass is 10.2. The molecule has 0 amide bonds. The molecule has 1 atom stereocenters. The molecule has 0 aliphatic rings. The Morgan fingerprint density at radius 2 is 2.20 bits per heavy atom. The van der Waals surface area contributed by atoms with Gasteiger partial charge in [0, 0.05) is 28.4 Å². The number of rotatable bonds is 7. The van der Waals surface area contributed by atoms with Gasteiger partial charge >= 0.3 is 0 Å². The maximum atomic E-state index is 6.03. The maximum absolute atomic E-state index is 6.03. The Hall–Kier alpha value is -0.970. The van der Waals surface area contributed by atoms with Crippen molar-refractivity contribution in [1.82, 2.24) is 15.1 Å². The van der Waals surface area contributed by atoms with E-state index in [0.29, 0.717) is 6.04 Å². The molecular weight excluding hydrogens is 290 g/mol. The molecule has 2 rings (SSSR count). The first-order valence-corrected chi connectivity index (χ1v) is 8.24. The number of nitrogens with zero attached hydrogens (tertiary/aromatic N) is 2. The van der Waals surface area contributed by atoms with Gasteiger partial charge in [-0.2, -0.15) is 5.10 Å². The predicted octanol–water partition coefficient (Wildman–Crippen LogP) is 4.00. The summed E-state index contributed by atoms with van der Waals surface area (Å²) in [6.45, 7) is 6.08. The van der Waals surface area contributed by atoms with Crippen molar-refractivity contribution in [3.63, 3.8) is 0 Å². The fourth-order valence-corrected chi connectivity index (χ4v) is 3.42. The molecular formula is C15H20ClN3S. The van der Waals surface area contributed by atoms with Crippen LogP contribution in [0.25, 0.3) is 0 Å². The van der Waals surface area contributed by atoms with Gasteiger partial charge in [0.2, 0.25) is 0 Å². The SMILES string of the molecule is CCNC(CSc1cccc(Cl)c1)c1ccnn1CC. The summed E-state index contributed by atoms with van der Waals surface area (Å²) in [5.74, 6) is 0.958. The lowest BCUT2D eigenvalue weighted by Gasteiger charge is -2.18. The normalized spacial score (nSPS) is 12.6. The molecule has 1 unspecified atom stereocenters. The number of nitrogens with one attached hydrogen (secondary N) is 1. The second kappa shape index (κ2) is 7.72. The lowest BCUT2D eigenvalue weighted by Crippen LogP contribution is -2.25. The fraction of sp³-hybridized carbons (Fsp3) is 0.400. The summed E-state index contributed by atoms with van der Waals surface area (Å²) in [6.07, 6.45) is 1.87. The highest BCUT2D eigenvalue weighted by molar-refractivity contribution is 7.99. The summed E-state index contributed by atoms with van der Waals surface area (Å²) in [6, 6.07) is 10.4. The maximum Gasteiger partial charge on any atom is 0.0587 e. The molecule has 0 spiro atoms. The van der Waals surface area contributed by atoms with E-state index >= 15 is 0 Å². The van der Waals surface area contributed by atoms with Crippen LogP contribution < -0.4 is 5.32 Å². The number of benzene rings is 1. The van der Waals surface area contributed by atoms with Crippen LogP contribution in [0.1, 0.15) is 25.6 Å². The summed E-state index contributed by atoms with van der Waals surface area (Å²) in [7, 11) is 0. The van der Waals surface area contributed by atoms with E-state index < -0.39 is 0 Å². The van der Waals surface area contributed by atoms with Crippen molar-refractivity contribution in [2.75, 3.05) is 12.3 Å². The molecule has 1 N–H and O–H groups in total. The van der Waals surface area contributed by atoms with E-state index in [0.717, 1.165) is 23.9 Å². The molecule has 0 radical (unpaired) electrons. The second-order valence-electron chi connectivity index (χ2n) is 4.45. The third-order valence-corrected chi connectivity index (χ3v) is 4.39. The standard InChI is InChI=1S/C15H20ClN3S/c1-3-17-14(15-8-9-18-19(15)4-2)11-20-13-7-5-6-12(16)10-13/h5-10,14,17H,3-4,11H2,1-2H3. The van der Waals surface area contributed by atoms with Crippen molar-refractivity contribution >= 4 is 23.4 Å². The summed E-state index contributed by atoms with van der Waals surface area (Å²) >= 11 is 7.84. The summed E-state index contributed by atoms with van der Waals surface area (Å²) in [5, 5.41) is 8.67. The van der Waals surface area contributed by atoms with Gasteiger partial charge < -0.3 is 5.32 Å². The van der Waals surface area contributed by atoms with Crippen LogP contribution in [0.5, 0.6) is 0 Å². The van der Waals surface area contributed by atoms with E-state index in [2.05, 4.69) is 36.4 Å². The van der Waals surface area contributed by atoms with Crippen molar-refractivity contribution in [2.45, 2.75) is 31.3 Å². The number of hydrogen-bond donors (Lipinski definition) is 1. The molecule has 0 saturated carbocycles. The first kappa shape index (κ1) is 15.4. The number of aromatic nitrogens is 2. The Morgan fingerprint density at radius 1 is 1.35 bits per heavy atom. The van der Waals surface area contributed by atoms with Crippen molar-refractivity contribution < 1.29 is 0 Å². The molecule has 0 aliphatic carbocycles. The Balaban J connectivity index is 2.06. The average Bonchev–Trinajstić information content (AvgIpc) is 2.92. The van der Waals surface area contributed by atoms with Crippen LogP contribution in [0.2, 0.25) is 5.02 Å². The smallest absolute Gasteiger partial charge is 0.0587 e. The van der Waals surface area contributed by atoms with Crippen LogP contribution in [0.15, 0.2) is 41.4 Å². The van der Waals surface area contributed by atoms with Gasteiger partial charge in [0.1, 0.15) is 0 Å². The van der Waals surface area contributed by atoms with E-state index in [9.17, 15) is 0 Å². The number of aryl methyl sites for hydroxylation is 1. The lowest BCUT2D eigenvalue weighted by molar-refractivity contribution is 0.527. The van der Waals surface area contributed by atoms with E-state index in [-0.39, 0.29) is 0 Å². The van der Waals surface area contributed by atoms with Gasteiger partial charge in [-0.15, -0.1) is 11.8 Å². The molecule has 0 fully saturated rings. The zero-order valence-corrected chi connectivity index (χ0v) is 13.4. The van der Waals surface area contributed by atoms with Crippen LogP contribution >= 0.6 is 23.4 Å². The first-order chi connectivity index (χ1) is 9.74. The highest BCUT2D eigenvalue weighted by Crippen LogP contribution is 2.26. The minimum absolute atomic E-state index is 0.298. The van der Waals surface area contributed by atoms with Crippen LogP contribution in [-0.2, 0) is 6.54 Å². The Bertz CT molecular complexity index is 541. The monoisotopic (exact) mass is 309 g/mol. The van der Waals surface area contributed by atoms with E-state index in [1.807, 2.05) is 40.8 Å². The molecule has 0 aliphatic heterocycles. The molecule has 1 heterocycles. The summed E-state index contributed by atoms with van der Waals surface area (Å²) < 4.78 is 2.05. The zero-order chi connectivity index (χ0) is 14.4. The Labute approximate surface area is 129 Å². The van der Waals surface area contributed by atoms with Crippen molar-refractivity contribution in [2.24, 2.45) is 0 Å². The second-order valence-corrected chi connectivity index (χ2v) is 5.98. The molecule has 0 saturated heterocycles. The molecule has 1 aromatic heterocycles. The van der Waals surface area contributed by atoms with E-state index in [1.165, 1.54) is 10.6 Å². The fourth-order valence-electron chi connectivity index (χ4n) is 2.13. The first-order valence-electron chi connectivity index (χ1n) is 6.88. The number of halogens is 1. The average molecular weight is 310 g/mol. The molecule has 1 aromatic carbocycles. The highest BCUT2D eigenvalue weighted by Gasteiger charge is 2.15. The third kappa shape index (κ3) is 4.01. The van der Waals surface area contributed by atoms with Crippen LogP contribution in [0.3, 0.4) is 0 Å². The van der Waals surface area contributed by atoms with E-state index in [4.69, 9.17) is 11.6 Å². The van der Waals surface area contributed by atoms with Crippen molar-refractivity contribution in [3.8, 4) is 0 Å². The molecule has 3 nitrogen and oxygen atoms in total. The topological polar surface area (TPSA) is 29.9 Å². The molecule has 108 valence electrons. The highest BCUT2D eigenvalue weighted by atomic mass is 35.5. The van der Waals surface area contributed by atoms with Crippen LogP contribution in [0, 0.1) is 0 Å². The molecule has 20 heavy (non-hydrogen) atoms. The number of hydrogen-bond acceptors (Lipinski definition) is 3. The van der Waals surface area contributed by atoms with Crippen molar-refractivity contribution in [3.05, 3.63) is 47.2 Å². The van der Waals surface area contributed by atoms with Crippen LogP contribution in [-0.4, -0.2) is 22.1 Å². The van der Waals surface area contributed by atoms with Gasteiger partial charge in [0.25, 0.3) is 0 Å². The van der Waals surface area contributed by atoms with Gasteiger partial charge in [0.15, 0.2) is 0 Å². The van der Waals surface area contributed by atoms with Gasteiger partial charge in [-0.3, -0.25) is 4.68 Å². The van der Waals surface area contributed by atoms with Gasteiger partial charge in [-0.1, -0.05) is 24.6 Å². The Kier molecular flexibility index (Phi) is 5.95. The summed E-state index contributed by atoms with van der Waals surface area (Å²) in [5.41, 5.74) is 1.24. The number of thioether (sulfide) groups is 1. The minimum Gasteiger partial charge on any atom is -0.308 e. The van der Waals surface area contributed by atoms with Gasteiger partial charge in [-0.05, 0) is 37.7 Å². The zero-order valence-electron chi connectivity index (χ0n) is 11.8. The van der Waals surface area contributed by atoms with Crippen molar-refractivity contribution in [1.29, 1.82) is 0 Å². The third-order valence-electron chi connectivity index (χ3n) is 3.07. The molecule has 5 heteroatoms. The van der Waals surface area contributed by atoms with Gasteiger partial charge in [0.05, 0.1) is 11.7 Å². The molecule has 0 bridgehead atoms. The Morgan fingerprint density at radius 3 is 2.90 bits per heavy atom. The predicted molar refractivity (Wildman–Crippen MR) is 86.5 cm³/mol. The quantitative estimate of drug-likeness (QED) is 0.784. The summed E-state index contributed by atoms with van der Waals surface area (Å²) in [4.78, 5) is 1.20. The van der Waals surface area contributed by atoms with Gasteiger partial charge in [-0.25, -0.2) is 0 Å². The minimum atomic E-state index is 0.298. The largest absolute Gasteiger partial charge is 0.308 e.